The molecule has 72 valence electrons. The third-order valence-corrected chi connectivity index (χ3v) is 2.69. The number of hydrogen-bond acceptors (Lipinski definition) is 3. The monoisotopic (exact) mass is 180 g/mol. The van der Waals surface area contributed by atoms with E-state index in [1.807, 2.05) is 13.1 Å². The van der Waals surface area contributed by atoms with Gasteiger partial charge in [0.05, 0.1) is 12.2 Å². The van der Waals surface area contributed by atoms with E-state index in [2.05, 4.69) is 4.98 Å². The molecule has 1 atom stereocenters. The number of nitrogens with two attached hydrogens (primary N) is 1. The zero-order valence-corrected chi connectivity index (χ0v) is 7.99. The van der Waals surface area contributed by atoms with E-state index in [9.17, 15) is 0 Å². The van der Waals surface area contributed by atoms with Crippen molar-refractivity contribution in [1.82, 2.24) is 4.98 Å². The van der Waals surface area contributed by atoms with E-state index in [0.717, 1.165) is 5.76 Å². The fourth-order valence-electron chi connectivity index (χ4n) is 1.91. The third-order valence-electron chi connectivity index (χ3n) is 2.69. The number of hydrogen-bond donors (Lipinski definition) is 1. The number of nitrogens with zero attached hydrogens (tertiary/aromatic N) is 1. The van der Waals surface area contributed by atoms with Crippen molar-refractivity contribution in [3.05, 3.63) is 17.8 Å². The normalized spacial score (nSPS) is 20.8. The van der Waals surface area contributed by atoms with E-state index in [1.165, 1.54) is 25.7 Å². The van der Waals surface area contributed by atoms with Crippen LogP contribution in [0, 0.1) is 0 Å². The Morgan fingerprint density at radius 2 is 2.23 bits per heavy atom. The van der Waals surface area contributed by atoms with Crippen LogP contribution in [-0.4, -0.2) is 4.98 Å². The van der Waals surface area contributed by atoms with Crippen LogP contribution in [-0.2, 0) is 0 Å². The van der Waals surface area contributed by atoms with Gasteiger partial charge >= 0.3 is 0 Å². The molecule has 1 unspecified atom stereocenters. The highest BCUT2D eigenvalue weighted by Crippen LogP contribution is 2.34. The van der Waals surface area contributed by atoms with E-state index in [4.69, 9.17) is 10.2 Å². The van der Waals surface area contributed by atoms with Crippen molar-refractivity contribution in [2.75, 3.05) is 0 Å². The Bertz CT molecular complexity index is 274. The van der Waals surface area contributed by atoms with Gasteiger partial charge in [-0.2, -0.15) is 0 Å². The Morgan fingerprint density at radius 3 is 2.77 bits per heavy atom. The molecule has 0 spiro atoms. The van der Waals surface area contributed by atoms with Gasteiger partial charge < -0.3 is 10.2 Å². The molecule has 1 aromatic heterocycles. The van der Waals surface area contributed by atoms with E-state index < -0.39 is 0 Å². The van der Waals surface area contributed by atoms with Crippen molar-refractivity contribution < 1.29 is 4.42 Å². The maximum Gasteiger partial charge on any atom is 0.211 e. The fraction of sp³-hybridized carbons (Fsp3) is 0.700. The molecule has 1 aliphatic rings. The first kappa shape index (κ1) is 8.75. The van der Waals surface area contributed by atoms with Crippen molar-refractivity contribution in [2.24, 2.45) is 5.73 Å². The van der Waals surface area contributed by atoms with Gasteiger partial charge in [-0.3, -0.25) is 0 Å². The van der Waals surface area contributed by atoms with Gasteiger partial charge in [-0.15, -0.1) is 0 Å². The molecule has 0 amide bonds. The first-order valence-electron chi connectivity index (χ1n) is 4.98. The molecule has 1 saturated carbocycles. The van der Waals surface area contributed by atoms with Gasteiger partial charge in [-0.25, -0.2) is 4.98 Å². The lowest BCUT2D eigenvalue weighted by Crippen LogP contribution is -2.04. The van der Waals surface area contributed by atoms with Crippen LogP contribution < -0.4 is 5.73 Å². The van der Waals surface area contributed by atoms with Crippen LogP contribution in [0.25, 0.3) is 0 Å². The van der Waals surface area contributed by atoms with Crippen molar-refractivity contribution in [1.29, 1.82) is 0 Å². The fourth-order valence-corrected chi connectivity index (χ4v) is 1.91. The molecule has 3 nitrogen and oxygen atoms in total. The highest BCUT2D eigenvalue weighted by Gasteiger charge is 2.21. The first-order chi connectivity index (χ1) is 6.27. The van der Waals surface area contributed by atoms with Gasteiger partial charge in [0.15, 0.2) is 0 Å². The Labute approximate surface area is 78.3 Å². The molecule has 0 aromatic carbocycles. The maximum absolute atomic E-state index is 5.67. The predicted molar refractivity (Wildman–Crippen MR) is 50.3 cm³/mol. The van der Waals surface area contributed by atoms with E-state index in [0.29, 0.717) is 11.8 Å². The summed E-state index contributed by atoms with van der Waals surface area (Å²) in [6, 6.07) is -0.0878. The summed E-state index contributed by atoms with van der Waals surface area (Å²) in [5, 5.41) is 0. The summed E-state index contributed by atoms with van der Waals surface area (Å²) in [6.45, 7) is 1.89. The second-order valence-electron chi connectivity index (χ2n) is 3.87. The molecular formula is C10H16N2O. The van der Waals surface area contributed by atoms with Crippen LogP contribution in [0.2, 0.25) is 0 Å². The Morgan fingerprint density at radius 1 is 1.54 bits per heavy atom. The van der Waals surface area contributed by atoms with Crippen molar-refractivity contribution in [3.63, 3.8) is 0 Å². The van der Waals surface area contributed by atoms with E-state index in [1.54, 1.807) is 0 Å². The summed E-state index contributed by atoms with van der Waals surface area (Å²) in [5.74, 6) is 2.30. The molecule has 2 rings (SSSR count). The molecule has 2 N–H and O–H groups in total. The first-order valence-corrected chi connectivity index (χ1v) is 4.98. The molecule has 1 heterocycles. The Balaban J connectivity index is 2.12. The molecule has 0 saturated heterocycles. The van der Waals surface area contributed by atoms with Crippen molar-refractivity contribution in [2.45, 2.75) is 44.6 Å². The molecule has 1 aliphatic carbocycles. The molecular weight excluding hydrogens is 164 g/mol. The average Bonchev–Trinajstić information content (AvgIpc) is 2.75. The molecule has 0 bridgehead atoms. The quantitative estimate of drug-likeness (QED) is 0.760. The van der Waals surface area contributed by atoms with Crippen molar-refractivity contribution in [3.8, 4) is 0 Å². The summed E-state index contributed by atoms with van der Waals surface area (Å²) in [6.07, 6.45) is 6.97. The summed E-state index contributed by atoms with van der Waals surface area (Å²) in [5.41, 5.74) is 5.67. The predicted octanol–water partition coefficient (Wildman–Crippen LogP) is 2.35. The number of rotatable bonds is 2. The van der Waals surface area contributed by atoms with Crippen LogP contribution in [0.5, 0.6) is 0 Å². The highest BCUT2D eigenvalue weighted by molar-refractivity contribution is 5.04. The minimum Gasteiger partial charge on any atom is -0.444 e. The minimum atomic E-state index is -0.0878. The zero-order chi connectivity index (χ0) is 9.26. The smallest absolute Gasteiger partial charge is 0.211 e. The van der Waals surface area contributed by atoms with Gasteiger partial charge in [0.1, 0.15) is 5.76 Å². The average molecular weight is 180 g/mol. The minimum absolute atomic E-state index is 0.0878. The third kappa shape index (κ3) is 1.75. The summed E-state index contributed by atoms with van der Waals surface area (Å²) in [4.78, 5) is 4.17. The molecule has 3 heteroatoms. The van der Waals surface area contributed by atoms with Crippen LogP contribution >= 0.6 is 0 Å². The Kier molecular flexibility index (Phi) is 2.36. The molecule has 0 aliphatic heterocycles. The second kappa shape index (κ2) is 3.50. The molecule has 1 fully saturated rings. The lowest BCUT2D eigenvalue weighted by Gasteiger charge is -2.03. The topological polar surface area (TPSA) is 52.0 Å². The highest BCUT2D eigenvalue weighted by atomic mass is 16.4. The summed E-state index contributed by atoms with van der Waals surface area (Å²) < 4.78 is 5.59. The van der Waals surface area contributed by atoms with Crippen LogP contribution in [0.15, 0.2) is 10.6 Å². The second-order valence-corrected chi connectivity index (χ2v) is 3.87. The SMILES string of the molecule is CC(N)c1ncc(C2CCCC2)o1. The lowest BCUT2D eigenvalue weighted by molar-refractivity contribution is 0.405. The van der Waals surface area contributed by atoms with E-state index in [-0.39, 0.29) is 6.04 Å². The van der Waals surface area contributed by atoms with Crippen LogP contribution in [0.3, 0.4) is 0 Å². The van der Waals surface area contributed by atoms with Gasteiger partial charge in [-0.1, -0.05) is 12.8 Å². The molecule has 13 heavy (non-hydrogen) atoms. The van der Waals surface area contributed by atoms with Crippen LogP contribution in [0.4, 0.5) is 0 Å². The summed E-state index contributed by atoms with van der Waals surface area (Å²) in [7, 11) is 0. The van der Waals surface area contributed by atoms with Gasteiger partial charge in [-0.05, 0) is 19.8 Å². The van der Waals surface area contributed by atoms with Crippen LogP contribution in [0.1, 0.15) is 56.2 Å². The largest absolute Gasteiger partial charge is 0.444 e. The van der Waals surface area contributed by atoms with Gasteiger partial charge in [0, 0.05) is 5.92 Å². The lowest BCUT2D eigenvalue weighted by atomic mass is 10.1. The van der Waals surface area contributed by atoms with Crippen molar-refractivity contribution >= 4 is 0 Å². The standard InChI is InChI=1S/C10H16N2O/c1-7(11)10-12-6-9(13-10)8-4-2-3-5-8/h6-8H,2-5,11H2,1H3. The number of aromatic nitrogens is 1. The number of oxazole rings is 1. The van der Waals surface area contributed by atoms with Gasteiger partial charge in [0.25, 0.3) is 0 Å². The maximum atomic E-state index is 5.67. The molecule has 1 aromatic rings. The van der Waals surface area contributed by atoms with Gasteiger partial charge in [0.2, 0.25) is 5.89 Å². The zero-order valence-electron chi connectivity index (χ0n) is 7.99. The van der Waals surface area contributed by atoms with E-state index >= 15 is 0 Å². The summed E-state index contributed by atoms with van der Waals surface area (Å²) >= 11 is 0. The molecule has 0 radical (unpaired) electrons. The Hall–Kier alpha value is -0.830.